The quantitative estimate of drug-likeness (QED) is 0.360. The van der Waals surface area contributed by atoms with Crippen molar-refractivity contribution in [1.82, 2.24) is 4.57 Å². The van der Waals surface area contributed by atoms with Crippen LogP contribution in [0.1, 0.15) is 21.5 Å². The van der Waals surface area contributed by atoms with Crippen molar-refractivity contribution in [3.63, 3.8) is 0 Å². The third-order valence-corrected chi connectivity index (χ3v) is 5.61. The molecule has 1 aliphatic rings. The lowest BCUT2D eigenvalue weighted by Crippen LogP contribution is -2.22. The number of carbonyl (C=O) groups excluding carboxylic acids is 1. The Morgan fingerprint density at radius 1 is 1.06 bits per heavy atom. The average molecular weight is 456 g/mol. The molecular formula is C26H20N2O6. The molecule has 2 heterocycles. The molecule has 0 radical (unpaired) electrons. The molecule has 3 aromatic carbocycles. The van der Waals surface area contributed by atoms with Crippen LogP contribution < -0.4 is 15.0 Å². The molecule has 1 aliphatic heterocycles. The molecule has 34 heavy (non-hydrogen) atoms. The van der Waals surface area contributed by atoms with E-state index in [2.05, 4.69) is 4.99 Å². The minimum atomic E-state index is -0.519. The first kappa shape index (κ1) is 21.3. The van der Waals surface area contributed by atoms with Crippen molar-refractivity contribution < 1.29 is 24.1 Å². The third kappa shape index (κ3) is 3.75. The van der Waals surface area contributed by atoms with Crippen LogP contribution in [0.15, 0.2) is 76.5 Å². The van der Waals surface area contributed by atoms with Gasteiger partial charge in [0, 0.05) is 17.0 Å². The van der Waals surface area contributed by atoms with Gasteiger partial charge in [0.1, 0.15) is 0 Å². The number of para-hydroxylation sites is 1. The third-order valence-electron chi connectivity index (χ3n) is 5.61. The Labute approximate surface area is 194 Å². The highest BCUT2D eigenvalue weighted by molar-refractivity contribution is 6.03. The Bertz CT molecular complexity index is 1510. The number of hydrogen-bond acceptors (Lipinski definition) is 7. The van der Waals surface area contributed by atoms with Crippen LogP contribution in [0.5, 0.6) is 17.4 Å². The topological polar surface area (TPSA) is 99.3 Å². The van der Waals surface area contributed by atoms with Gasteiger partial charge in [-0.15, -0.1) is 0 Å². The smallest absolute Gasteiger partial charge is 0.340 e. The second-order valence-electron chi connectivity index (χ2n) is 7.63. The Morgan fingerprint density at radius 3 is 2.62 bits per heavy atom. The molecule has 0 amide bonds. The standard InChI is InChI=1S/C26H20N2O6/c1-32-26(31)19-8-4-5-9-21(19)27-13-20-17-6-2-3-7-18(17)24(29)28(25(20)30)14-16-10-11-22-23(12-16)34-15-33-22/h2-13,30H,14-15H2,1H3. The average Bonchev–Trinajstić information content (AvgIpc) is 3.34. The van der Waals surface area contributed by atoms with Gasteiger partial charge in [-0.25, -0.2) is 4.79 Å². The number of esters is 1. The molecule has 0 spiro atoms. The highest BCUT2D eigenvalue weighted by Crippen LogP contribution is 2.33. The Kier molecular flexibility index (Phi) is 5.47. The van der Waals surface area contributed by atoms with Crippen LogP contribution in [0.2, 0.25) is 0 Å². The molecule has 1 aromatic heterocycles. The molecule has 0 saturated heterocycles. The Hall–Kier alpha value is -4.59. The Balaban J connectivity index is 1.62. The van der Waals surface area contributed by atoms with Crippen molar-refractivity contribution in [2.75, 3.05) is 13.9 Å². The van der Waals surface area contributed by atoms with Crippen LogP contribution >= 0.6 is 0 Å². The maximum atomic E-state index is 13.2. The van der Waals surface area contributed by atoms with Gasteiger partial charge in [-0.3, -0.25) is 14.4 Å². The summed E-state index contributed by atoms with van der Waals surface area (Å²) in [6.07, 6.45) is 1.45. The molecule has 5 rings (SSSR count). The summed E-state index contributed by atoms with van der Waals surface area (Å²) < 4.78 is 16.9. The van der Waals surface area contributed by atoms with Gasteiger partial charge in [0.05, 0.1) is 30.5 Å². The lowest BCUT2D eigenvalue weighted by atomic mass is 10.1. The van der Waals surface area contributed by atoms with Crippen LogP contribution in [0, 0.1) is 0 Å². The van der Waals surface area contributed by atoms with Crippen molar-refractivity contribution in [3.8, 4) is 17.4 Å². The Morgan fingerprint density at radius 2 is 1.79 bits per heavy atom. The summed E-state index contributed by atoms with van der Waals surface area (Å²) in [5.41, 5.74) is 1.45. The summed E-state index contributed by atoms with van der Waals surface area (Å²) in [5, 5.41) is 12.1. The molecular weight excluding hydrogens is 436 g/mol. The number of rotatable bonds is 5. The zero-order chi connectivity index (χ0) is 23.7. The van der Waals surface area contributed by atoms with E-state index in [1.807, 2.05) is 6.07 Å². The molecule has 170 valence electrons. The van der Waals surface area contributed by atoms with E-state index in [4.69, 9.17) is 14.2 Å². The van der Waals surface area contributed by atoms with E-state index in [0.29, 0.717) is 39.1 Å². The van der Waals surface area contributed by atoms with Gasteiger partial charge in [0.25, 0.3) is 5.56 Å². The van der Waals surface area contributed by atoms with Crippen LogP contribution in [-0.4, -0.2) is 35.8 Å². The summed E-state index contributed by atoms with van der Waals surface area (Å²) in [5.74, 6) is 0.471. The zero-order valence-corrected chi connectivity index (χ0v) is 18.2. The molecule has 0 aliphatic carbocycles. The van der Waals surface area contributed by atoms with E-state index in [-0.39, 0.29) is 24.8 Å². The minimum absolute atomic E-state index is 0.117. The van der Waals surface area contributed by atoms with Crippen molar-refractivity contribution in [2.24, 2.45) is 4.99 Å². The predicted molar refractivity (Wildman–Crippen MR) is 127 cm³/mol. The number of nitrogens with zero attached hydrogens (tertiary/aromatic N) is 2. The van der Waals surface area contributed by atoms with Gasteiger partial charge in [0.2, 0.25) is 12.7 Å². The molecule has 0 fully saturated rings. The summed E-state index contributed by atoms with van der Waals surface area (Å²) in [4.78, 5) is 29.8. The predicted octanol–water partition coefficient (Wildman–Crippen LogP) is 4.02. The van der Waals surface area contributed by atoms with Crippen LogP contribution in [-0.2, 0) is 11.3 Å². The van der Waals surface area contributed by atoms with E-state index in [9.17, 15) is 14.7 Å². The largest absolute Gasteiger partial charge is 0.494 e. The van der Waals surface area contributed by atoms with Gasteiger partial charge in [0.15, 0.2) is 11.5 Å². The number of ether oxygens (including phenoxy) is 3. The first-order valence-corrected chi connectivity index (χ1v) is 10.5. The highest BCUT2D eigenvalue weighted by Gasteiger charge is 2.18. The molecule has 1 N–H and O–H groups in total. The molecule has 8 heteroatoms. The maximum Gasteiger partial charge on any atom is 0.340 e. The summed E-state index contributed by atoms with van der Waals surface area (Å²) in [7, 11) is 1.30. The van der Waals surface area contributed by atoms with Gasteiger partial charge in [-0.1, -0.05) is 36.4 Å². The van der Waals surface area contributed by atoms with E-state index >= 15 is 0 Å². The van der Waals surface area contributed by atoms with E-state index in [0.717, 1.165) is 5.56 Å². The number of aromatic nitrogens is 1. The van der Waals surface area contributed by atoms with Gasteiger partial charge in [-0.2, -0.15) is 0 Å². The van der Waals surface area contributed by atoms with E-state index in [1.54, 1.807) is 60.7 Å². The zero-order valence-electron chi connectivity index (χ0n) is 18.2. The molecule has 0 bridgehead atoms. The molecule has 0 saturated carbocycles. The number of carbonyl (C=O) groups is 1. The fraction of sp³-hybridized carbons (Fsp3) is 0.115. The highest BCUT2D eigenvalue weighted by atomic mass is 16.7. The molecule has 0 unspecified atom stereocenters. The number of aromatic hydroxyl groups is 1. The second-order valence-corrected chi connectivity index (χ2v) is 7.63. The lowest BCUT2D eigenvalue weighted by Gasteiger charge is -2.14. The van der Waals surface area contributed by atoms with Crippen molar-refractivity contribution in [3.05, 3.63) is 93.8 Å². The minimum Gasteiger partial charge on any atom is -0.494 e. The SMILES string of the molecule is COC(=O)c1ccccc1N=Cc1c(O)n(Cc2ccc3c(c2)OCO3)c(=O)c2ccccc12. The number of benzene rings is 3. The number of aliphatic imine (C=N–C) groups is 1. The molecule has 8 nitrogen and oxygen atoms in total. The maximum absolute atomic E-state index is 13.2. The second kappa shape index (κ2) is 8.74. The number of pyridine rings is 1. The van der Waals surface area contributed by atoms with Gasteiger partial charge < -0.3 is 19.3 Å². The molecule has 4 aromatic rings. The first-order chi connectivity index (χ1) is 16.6. The number of methoxy groups -OCH3 is 1. The normalized spacial score (nSPS) is 12.4. The summed E-state index contributed by atoms with van der Waals surface area (Å²) >= 11 is 0. The monoisotopic (exact) mass is 456 g/mol. The summed E-state index contributed by atoms with van der Waals surface area (Å²) in [6.45, 7) is 0.263. The van der Waals surface area contributed by atoms with Crippen molar-refractivity contribution >= 4 is 28.6 Å². The van der Waals surface area contributed by atoms with Crippen LogP contribution in [0.3, 0.4) is 0 Å². The van der Waals surface area contributed by atoms with E-state index < -0.39 is 5.97 Å². The van der Waals surface area contributed by atoms with Gasteiger partial charge >= 0.3 is 5.97 Å². The van der Waals surface area contributed by atoms with Crippen molar-refractivity contribution in [2.45, 2.75) is 6.54 Å². The van der Waals surface area contributed by atoms with Gasteiger partial charge in [-0.05, 0) is 35.9 Å². The summed E-state index contributed by atoms with van der Waals surface area (Å²) in [6, 6.07) is 19.1. The lowest BCUT2D eigenvalue weighted by molar-refractivity contribution is 0.0601. The van der Waals surface area contributed by atoms with E-state index in [1.165, 1.54) is 17.9 Å². The fourth-order valence-electron chi connectivity index (χ4n) is 3.91. The van der Waals surface area contributed by atoms with Crippen molar-refractivity contribution in [1.29, 1.82) is 0 Å². The number of fused-ring (bicyclic) bond motifs is 2. The van der Waals surface area contributed by atoms with Crippen LogP contribution in [0.4, 0.5) is 5.69 Å². The molecule has 0 atom stereocenters. The number of hydrogen-bond donors (Lipinski definition) is 1. The van der Waals surface area contributed by atoms with Crippen LogP contribution in [0.25, 0.3) is 10.8 Å². The first-order valence-electron chi connectivity index (χ1n) is 10.5. The fourth-order valence-corrected chi connectivity index (χ4v) is 3.91.